The Bertz CT molecular complexity index is 1000. The summed E-state index contributed by atoms with van der Waals surface area (Å²) in [6.45, 7) is 0. The highest BCUT2D eigenvalue weighted by Gasteiger charge is 2.09. The molecular formula is C20H13ClN2O. The highest BCUT2D eigenvalue weighted by Crippen LogP contribution is 2.27. The van der Waals surface area contributed by atoms with Crippen LogP contribution in [0.15, 0.2) is 82.3 Å². The Morgan fingerprint density at radius 2 is 1.62 bits per heavy atom. The first-order valence-electron chi connectivity index (χ1n) is 7.54. The molecule has 0 aliphatic rings. The molecule has 3 nitrogen and oxygen atoms in total. The van der Waals surface area contributed by atoms with Crippen molar-refractivity contribution in [2.45, 2.75) is 0 Å². The van der Waals surface area contributed by atoms with Crippen LogP contribution in [0.1, 0.15) is 5.56 Å². The molecule has 0 amide bonds. The third-order valence-electron chi connectivity index (χ3n) is 3.75. The van der Waals surface area contributed by atoms with Gasteiger partial charge >= 0.3 is 0 Å². The zero-order valence-electron chi connectivity index (χ0n) is 12.7. The third-order valence-corrected chi connectivity index (χ3v) is 4.00. The molecule has 0 N–H and O–H groups in total. The number of rotatable bonds is 3. The van der Waals surface area contributed by atoms with Gasteiger partial charge in [-0.3, -0.25) is 4.99 Å². The van der Waals surface area contributed by atoms with Crippen LogP contribution in [0.25, 0.3) is 22.2 Å². The topological polar surface area (TPSA) is 38.4 Å². The highest BCUT2D eigenvalue weighted by atomic mass is 35.5. The van der Waals surface area contributed by atoms with Gasteiger partial charge in [-0.15, -0.1) is 0 Å². The molecule has 0 bridgehead atoms. The zero-order valence-corrected chi connectivity index (χ0v) is 13.4. The fourth-order valence-electron chi connectivity index (χ4n) is 2.50. The standard InChI is InChI=1S/C20H13ClN2O/c21-16-9-11-17(12-10-16)22-13-14-5-7-15(8-6-14)20-18-3-1-2-4-19(18)24-23-20/h1-13H. The molecule has 4 rings (SSSR count). The number of halogens is 1. The number of nitrogens with zero attached hydrogens (tertiary/aromatic N) is 2. The predicted octanol–water partition coefficient (Wildman–Crippen LogP) is 5.90. The molecule has 1 aromatic heterocycles. The van der Waals surface area contributed by atoms with Crippen molar-refractivity contribution < 1.29 is 4.52 Å². The Morgan fingerprint density at radius 1 is 0.875 bits per heavy atom. The fraction of sp³-hybridized carbons (Fsp3) is 0. The summed E-state index contributed by atoms with van der Waals surface area (Å²) in [5.41, 5.74) is 4.55. The summed E-state index contributed by atoms with van der Waals surface area (Å²) in [6.07, 6.45) is 1.83. The molecule has 0 saturated heterocycles. The van der Waals surface area contributed by atoms with Crippen molar-refractivity contribution in [1.82, 2.24) is 5.16 Å². The zero-order chi connectivity index (χ0) is 16.4. The van der Waals surface area contributed by atoms with Crippen molar-refractivity contribution in [3.63, 3.8) is 0 Å². The molecule has 0 atom stereocenters. The summed E-state index contributed by atoms with van der Waals surface area (Å²) >= 11 is 5.87. The lowest BCUT2D eigenvalue weighted by molar-refractivity contribution is 0.459. The van der Waals surface area contributed by atoms with Crippen molar-refractivity contribution in [3.05, 3.63) is 83.4 Å². The van der Waals surface area contributed by atoms with E-state index in [4.69, 9.17) is 16.1 Å². The van der Waals surface area contributed by atoms with Gasteiger partial charge in [-0.1, -0.05) is 53.2 Å². The first-order valence-corrected chi connectivity index (χ1v) is 7.92. The average Bonchev–Trinajstić information content (AvgIpc) is 3.06. The van der Waals surface area contributed by atoms with Gasteiger partial charge in [0.15, 0.2) is 5.58 Å². The van der Waals surface area contributed by atoms with E-state index in [1.54, 1.807) is 0 Å². The smallest absolute Gasteiger partial charge is 0.167 e. The van der Waals surface area contributed by atoms with Crippen molar-refractivity contribution >= 4 is 34.5 Å². The van der Waals surface area contributed by atoms with E-state index in [1.165, 1.54) is 0 Å². The summed E-state index contributed by atoms with van der Waals surface area (Å²) in [7, 11) is 0. The van der Waals surface area contributed by atoms with Gasteiger partial charge < -0.3 is 4.52 Å². The van der Waals surface area contributed by atoms with Crippen molar-refractivity contribution in [1.29, 1.82) is 0 Å². The number of aromatic nitrogens is 1. The minimum absolute atomic E-state index is 0.707. The fourth-order valence-corrected chi connectivity index (χ4v) is 2.62. The van der Waals surface area contributed by atoms with E-state index >= 15 is 0 Å². The van der Waals surface area contributed by atoms with Crippen LogP contribution in [-0.2, 0) is 0 Å². The van der Waals surface area contributed by atoms with E-state index in [2.05, 4.69) is 10.1 Å². The number of para-hydroxylation sites is 1. The molecule has 0 aliphatic heterocycles. The van der Waals surface area contributed by atoms with Gasteiger partial charge in [-0.2, -0.15) is 0 Å². The minimum atomic E-state index is 0.707. The van der Waals surface area contributed by atoms with E-state index in [9.17, 15) is 0 Å². The second-order valence-electron chi connectivity index (χ2n) is 5.38. The maximum absolute atomic E-state index is 5.87. The van der Waals surface area contributed by atoms with Crippen LogP contribution in [0.4, 0.5) is 5.69 Å². The summed E-state index contributed by atoms with van der Waals surface area (Å²) in [5, 5.41) is 5.90. The Hall–Kier alpha value is -2.91. The molecular weight excluding hydrogens is 320 g/mol. The van der Waals surface area contributed by atoms with Gasteiger partial charge in [0.1, 0.15) is 5.69 Å². The Morgan fingerprint density at radius 3 is 2.42 bits per heavy atom. The Balaban J connectivity index is 1.59. The molecule has 3 aromatic carbocycles. The van der Waals surface area contributed by atoms with E-state index in [-0.39, 0.29) is 0 Å². The predicted molar refractivity (Wildman–Crippen MR) is 98.2 cm³/mol. The SMILES string of the molecule is Clc1ccc(N=Cc2ccc(-c3noc4ccccc34)cc2)cc1. The lowest BCUT2D eigenvalue weighted by Crippen LogP contribution is -1.83. The minimum Gasteiger partial charge on any atom is -0.356 e. The van der Waals surface area contributed by atoms with Crippen molar-refractivity contribution in [3.8, 4) is 11.3 Å². The summed E-state index contributed by atoms with van der Waals surface area (Å²) in [4.78, 5) is 4.44. The van der Waals surface area contributed by atoms with Gasteiger partial charge in [0, 0.05) is 22.2 Å². The molecule has 0 spiro atoms. The summed E-state index contributed by atoms with van der Waals surface area (Å²) < 4.78 is 5.36. The number of hydrogen-bond donors (Lipinski definition) is 0. The lowest BCUT2D eigenvalue weighted by atomic mass is 10.1. The van der Waals surface area contributed by atoms with Crippen LogP contribution in [0.5, 0.6) is 0 Å². The van der Waals surface area contributed by atoms with Crippen molar-refractivity contribution in [2.24, 2.45) is 4.99 Å². The number of fused-ring (bicyclic) bond motifs is 1. The highest BCUT2D eigenvalue weighted by molar-refractivity contribution is 6.30. The van der Waals surface area contributed by atoms with Crippen LogP contribution < -0.4 is 0 Å². The van der Waals surface area contributed by atoms with Crippen LogP contribution >= 0.6 is 11.6 Å². The monoisotopic (exact) mass is 332 g/mol. The number of aliphatic imine (C=N–C) groups is 1. The largest absolute Gasteiger partial charge is 0.356 e. The lowest BCUT2D eigenvalue weighted by Gasteiger charge is -1.99. The molecule has 0 aliphatic carbocycles. The average molecular weight is 333 g/mol. The van der Waals surface area contributed by atoms with E-state index < -0.39 is 0 Å². The molecule has 0 saturated carbocycles. The summed E-state index contributed by atoms with van der Waals surface area (Å²) in [5.74, 6) is 0. The first kappa shape index (κ1) is 14.7. The molecule has 0 unspecified atom stereocenters. The number of hydrogen-bond acceptors (Lipinski definition) is 3. The van der Waals surface area contributed by atoms with Crippen LogP contribution in [-0.4, -0.2) is 11.4 Å². The molecule has 1 heterocycles. The maximum atomic E-state index is 5.87. The Kier molecular flexibility index (Phi) is 3.85. The van der Waals surface area contributed by atoms with Crippen LogP contribution in [0, 0.1) is 0 Å². The molecule has 4 aromatic rings. The van der Waals surface area contributed by atoms with Crippen LogP contribution in [0.3, 0.4) is 0 Å². The van der Waals surface area contributed by atoms with Gasteiger partial charge in [0.25, 0.3) is 0 Å². The molecule has 0 radical (unpaired) electrons. The molecule has 0 fully saturated rings. The van der Waals surface area contributed by atoms with Gasteiger partial charge in [-0.05, 0) is 42.0 Å². The third kappa shape index (κ3) is 2.94. The van der Waals surface area contributed by atoms with E-state index in [1.807, 2.05) is 79.0 Å². The number of benzene rings is 3. The summed E-state index contributed by atoms with van der Waals surface area (Å²) in [6, 6.07) is 23.3. The van der Waals surface area contributed by atoms with Gasteiger partial charge in [0.2, 0.25) is 0 Å². The maximum Gasteiger partial charge on any atom is 0.167 e. The normalized spacial score (nSPS) is 11.4. The second kappa shape index (κ2) is 6.30. The van der Waals surface area contributed by atoms with E-state index in [0.717, 1.165) is 33.5 Å². The molecule has 116 valence electrons. The second-order valence-corrected chi connectivity index (χ2v) is 5.82. The quantitative estimate of drug-likeness (QED) is 0.438. The van der Waals surface area contributed by atoms with E-state index in [0.29, 0.717) is 5.02 Å². The molecule has 4 heteroatoms. The van der Waals surface area contributed by atoms with Crippen LogP contribution in [0.2, 0.25) is 5.02 Å². The van der Waals surface area contributed by atoms with Gasteiger partial charge in [-0.25, -0.2) is 0 Å². The van der Waals surface area contributed by atoms with Crippen molar-refractivity contribution in [2.75, 3.05) is 0 Å². The Labute approximate surface area is 144 Å². The first-order chi connectivity index (χ1) is 11.8. The molecule has 24 heavy (non-hydrogen) atoms. The van der Waals surface area contributed by atoms with Gasteiger partial charge in [0.05, 0.1) is 5.69 Å².